The predicted octanol–water partition coefficient (Wildman–Crippen LogP) is 1.64. The summed E-state index contributed by atoms with van der Waals surface area (Å²) in [5.74, 6) is -0.459. The monoisotopic (exact) mass is 380 g/mol. The third kappa shape index (κ3) is 3.20. The van der Waals surface area contributed by atoms with E-state index in [4.69, 9.17) is 9.47 Å². The number of hydrogen-bond acceptors (Lipinski definition) is 5. The molecule has 1 spiro atoms. The van der Waals surface area contributed by atoms with Crippen LogP contribution in [0.3, 0.4) is 0 Å². The highest BCUT2D eigenvalue weighted by Crippen LogP contribution is 2.40. The van der Waals surface area contributed by atoms with Gasteiger partial charge < -0.3 is 14.8 Å². The van der Waals surface area contributed by atoms with E-state index in [0.29, 0.717) is 13.1 Å². The van der Waals surface area contributed by atoms with Crippen LogP contribution in [-0.4, -0.2) is 53.1 Å². The Morgan fingerprint density at radius 2 is 1.88 bits per heavy atom. The lowest BCUT2D eigenvalue weighted by molar-refractivity contribution is 0.336. The molecule has 136 valence electrons. The van der Waals surface area contributed by atoms with Gasteiger partial charge in [0, 0.05) is 31.8 Å². The van der Waals surface area contributed by atoms with E-state index in [1.807, 2.05) is 0 Å². The lowest BCUT2D eigenvalue weighted by Gasteiger charge is -2.23. The van der Waals surface area contributed by atoms with Crippen LogP contribution in [0.1, 0.15) is 12.8 Å². The van der Waals surface area contributed by atoms with E-state index in [2.05, 4.69) is 5.32 Å². The topological polar surface area (TPSA) is 67.9 Å². The van der Waals surface area contributed by atoms with E-state index >= 15 is 0 Å². The number of nitrogens with one attached hydrogen (secondary N) is 1. The second kappa shape index (κ2) is 7.03. The molecule has 0 bridgehead atoms. The molecule has 2 aliphatic rings. The van der Waals surface area contributed by atoms with Crippen molar-refractivity contribution in [3.8, 4) is 11.5 Å². The molecule has 1 unspecified atom stereocenters. The molecule has 9 heteroatoms. The van der Waals surface area contributed by atoms with Gasteiger partial charge in [-0.05, 0) is 24.8 Å². The number of rotatable bonds is 4. The average molecular weight is 381 g/mol. The summed E-state index contributed by atoms with van der Waals surface area (Å²) in [5.41, 5.74) is -0.0138. The fourth-order valence-electron chi connectivity index (χ4n) is 3.42. The van der Waals surface area contributed by atoms with Gasteiger partial charge >= 0.3 is 0 Å². The van der Waals surface area contributed by atoms with E-state index < -0.39 is 15.8 Å². The lowest BCUT2D eigenvalue weighted by atomic mass is 9.87. The lowest BCUT2D eigenvalue weighted by Crippen LogP contribution is -2.33. The molecule has 0 saturated carbocycles. The molecule has 1 aromatic carbocycles. The van der Waals surface area contributed by atoms with Gasteiger partial charge in [-0.1, -0.05) is 0 Å². The van der Waals surface area contributed by atoms with Crippen LogP contribution in [0, 0.1) is 11.2 Å². The SMILES string of the molecule is COc1cc(F)c(S(=O)(=O)N2CCC3(CCNC3)C2)cc1OC.Cl. The Labute approximate surface area is 147 Å². The average Bonchev–Trinajstić information content (AvgIpc) is 3.17. The van der Waals surface area contributed by atoms with Crippen LogP contribution in [-0.2, 0) is 10.0 Å². The Balaban J connectivity index is 0.00000208. The third-order valence-electron chi connectivity index (χ3n) is 4.79. The number of hydrogen-bond donors (Lipinski definition) is 1. The zero-order chi connectivity index (χ0) is 16.7. The number of sulfonamides is 1. The summed E-state index contributed by atoms with van der Waals surface area (Å²) >= 11 is 0. The summed E-state index contributed by atoms with van der Waals surface area (Å²) in [4.78, 5) is -0.363. The number of benzene rings is 1. The molecule has 3 rings (SSSR count). The molecule has 24 heavy (non-hydrogen) atoms. The Kier molecular flexibility index (Phi) is 5.64. The molecule has 2 aliphatic heterocycles. The van der Waals surface area contributed by atoms with Gasteiger partial charge in [0.25, 0.3) is 0 Å². The van der Waals surface area contributed by atoms with Crippen molar-refractivity contribution in [2.45, 2.75) is 17.7 Å². The highest BCUT2D eigenvalue weighted by molar-refractivity contribution is 7.89. The van der Waals surface area contributed by atoms with Gasteiger partial charge in [0.15, 0.2) is 11.5 Å². The van der Waals surface area contributed by atoms with Crippen LogP contribution < -0.4 is 14.8 Å². The van der Waals surface area contributed by atoms with Crippen LogP contribution in [0.4, 0.5) is 4.39 Å². The summed E-state index contributed by atoms with van der Waals surface area (Å²) in [7, 11) is -1.13. The Hall–Kier alpha value is -1.09. The van der Waals surface area contributed by atoms with E-state index in [1.54, 1.807) is 0 Å². The molecule has 0 aliphatic carbocycles. The molecule has 1 atom stereocenters. The normalized spacial score (nSPS) is 24.1. The van der Waals surface area contributed by atoms with Gasteiger partial charge in [0.1, 0.15) is 10.7 Å². The molecular formula is C15H22ClFN2O4S. The predicted molar refractivity (Wildman–Crippen MR) is 90.0 cm³/mol. The maximum Gasteiger partial charge on any atom is 0.246 e. The van der Waals surface area contributed by atoms with E-state index in [0.717, 1.165) is 32.0 Å². The first kappa shape index (κ1) is 19.2. The summed E-state index contributed by atoms with van der Waals surface area (Å²) in [6.07, 6.45) is 1.75. The smallest absolute Gasteiger partial charge is 0.246 e. The maximum absolute atomic E-state index is 14.3. The summed E-state index contributed by atoms with van der Waals surface area (Å²) in [6, 6.07) is 2.25. The van der Waals surface area contributed by atoms with Crippen LogP contribution in [0.25, 0.3) is 0 Å². The van der Waals surface area contributed by atoms with Gasteiger partial charge in [-0.15, -0.1) is 12.4 Å². The molecule has 6 nitrogen and oxygen atoms in total. The van der Waals surface area contributed by atoms with Gasteiger partial charge in [0.2, 0.25) is 10.0 Å². The zero-order valence-electron chi connectivity index (χ0n) is 13.7. The zero-order valence-corrected chi connectivity index (χ0v) is 15.3. The highest BCUT2D eigenvalue weighted by Gasteiger charge is 2.45. The minimum absolute atomic E-state index is 0. The first-order valence-electron chi connectivity index (χ1n) is 7.54. The maximum atomic E-state index is 14.3. The summed E-state index contributed by atoms with van der Waals surface area (Å²) in [5, 5.41) is 3.28. The minimum atomic E-state index is -3.90. The largest absolute Gasteiger partial charge is 0.493 e. The summed E-state index contributed by atoms with van der Waals surface area (Å²) in [6.45, 7) is 2.56. The molecule has 0 amide bonds. The standard InChI is InChI=1S/C15H21FN2O4S.ClH/c1-21-12-7-11(16)14(8-13(12)22-2)23(19,20)18-6-4-15(10-18)3-5-17-9-15;/h7-8,17H,3-6,9-10H2,1-2H3;1H. The molecule has 1 aromatic rings. The highest BCUT2D eigenvalue weighted by atomic mass is 35.5. The fourth-order valence-corrected chi connectivity index (χ4v) is 5.03. The summed E-state index contributed by atoms with van der Waals surface area (Å²) < 4.78 is 51.5. The van der Waals surface area contributed by atoms with E-state index in [1.165, 1.54) is 24.6 Å². The van der Waals surface area contributed by atoms with Crippen LogP contribution in [0.15, 0.2) is 17.0 Å². The third-order valence-corrected chi connectivity index (χ3v) is 6.65. The van der Waals surface area contributed by atoms with Crippen LogP contribution in [0.2, 0.25) is 0 Å². The number of nitrogens with zero attached hydrogens (tertiary/aromatic N) is 1. The van der Waals surface area contributed by atoms with Crippen molar-refractivity contribution in [1.82, 2.24) is 9.62 Å². The van der Waals surface area contributed by atoms with E-state index in [9.17, 15) is 12.8 Å². The quantitative estimate of drug-likeness (QED) is 0.860. The second-order valence-electron chi connectivity index (χ2n) is 6.15. The Morgan fingerprint density at radius 3 is 2.46 bits per heavy atom. The molecule has 0 aromatic heterocycles. The first-order valence-corrected chi connectivity index (χ1v) is 8.98. The van der Waals surface area contributed by atoms with Crippen molar-refractivity contribution in [3.63, 3.8) is 0 Å². The molecule has 0 radical (unpaired) electrons. The van der Waals surface area contributed by atoms with Crippen molar-refractivity contribution in [3.05, 3.63) is 17.9 Å². The van der Waals surface area contributed by atoms with Crippen molar-refractivity contribution in [2.75, 3.05) is 40.4 Å². The Bertz CT molecular complexity index is 708. The molecule has 2 saturated heterocycles. The van der Waals surface area contributed by atoms with E-state index in [-0.39, 0.29) is 34.2 Å². The number of ether oxygens (including phenoxy) is 2. The number of methoxy groups -OCH3 is 2. The molecule has 2 fully saturated rings. The Morgan fingerprint density at radius 1 is 1.21 bits per heavy atom. The van der Waals surface area contributed by atoms with Gasteiger partial charge in [-0.3, -0.25) is 0 Å². The molecular weight excluding hydrogens is 359 g/mol. The molecule has 2 heterocycles. The van der Waals surface area contributed by atoms with Gasteiger partial charge in [-0.25, -0.2) is 12.8 Å². The fraction of sp³-hybridized carbons (Fsp3) is 0.600. The first-order chi connectivity index (χ1) is 10.9. The molecule has 1 N–H and O–H groups in total. The second-order valence-corrected chi connectivity index (χ2v) is 8.06. The van der Waals surface area contributed by atoms with Crippen molar-refractivity contribution in [2.24, 2.45) is 5.41 Å². The van der Waals surface area contributed by atoms with Crippen molar-refractivity contribution < 1.29 is 22.3 Å². The van der Waals surface area contributed by atoms with Gasteiger partial charge in [0.05, 0.1) is 14.2 Å². The van der Waals surface area contributed by atoms with Crippen molar-refractivity contribution >= 4 is 22.4 Å². The minimum Gasteiger partial charge on any atom is -0.493 e. The van der Waals surface area contributed by atoms with Crippen molar-refractivity contribution in [1.29, 1.82) is 0 Å². The van der Waals surface area contributed by atoms with Crippen LogP contribution >= 0.6 is 12.4 Å². The van der Waals surface area contributed by atoms with Gasteiger partial charge in [-0.2, -0.15) is 4.31 Å². The number of halogens is 2. The van der Waals surface area contributed by atoms with Crippen LogP contribution in [0.5, 0.6) is 11.5 Å².